The zero-order valence-electron chi connectivity index (χ0n) is 11.1. The molecule has 0 bridgehead atoms. The maximum Gasteiger partial charge on any atom is 0.492 e. The minimum atomic E-state index is -1.57. The second kappa shape index (κ2) is 5.63. The van der Waals surface area contributed by atoms with Crippen LogP contribution >= 0.6 is 0 Å². The van der Waals surface area contributed by atoms with Gasteiger partial charge in [0.2, 0.25) is 5.91 Å². The van der Waals surface area contributed by atoms with Gasteiger partial charge in [-0.15, -0.1) is 0 Å². The number of benzene rings is 1. The highest BCUT2D eigenvalue weighted by Crippen LogP contribution is 2.28. The Labute approximate surface area is 112 Å². The molecule has 1 aromatic carbocycles. The topological polar surface area (TPSA) is 78.8 Å². The molecule has 1 amide bonds. The molecule has 1 fully saturated rings. The van der Waals surface area contributed by atoms with Gasteiger partial charge in [0.15, 0.2) is 0 Å². The fourth-order valence-electron chi connectivity index (χ4n) is 2.60. The normalized spacial score (nSPS) is 22.8. The minimum absolute atomic E-state index is 0.0401. The number of nitrogens with one attached hydrogen (secondary N) is 1. The molecule has 1 aromatic rings. The average molecular weight is 263 g/mol. The quantitative estimate of drug-likeness (QED) is 0.657. The van der Waals surface area contributed by atoms with Crippen molar-refractivity contribution in [2.24, 2.45) is 0 Å². The Bertz CT molecular complexity index is 478. The molecule has 1 aliphatic heterocycles. The molecule has 2 atom stereocenters. The summed E-state index contributed by atoms with van der Waals surface area (Å²) >= 11 is 0. The monoisotopic (exact) mass is 263 g/mol. The Morgan fingerprint density at radius 1 is 1.42 bits per heavy atom. The van der Waals surface area contributed by atoms with Crippen LogP contribution in [0.15, 0.2) is 18.2 Å². The first kappa shape index (κ1) is 13.9. The lowest BCUT2D eigenvalue weighted by Gasteiger charge is -2.30. The predicted molar refractivity (Wildman–Crippen MR) is 72.4 cm³/mol. The van der Waals surface area contributed by atoms with E-state index in [1.807, 2.05) is 13.0 Å². The molecule has 0 unspecified atom stereocenters. The summed E-state index contributed by atoms with van der Waals surface area (Å²) in [4.78, 5) is 11.3. The van der Waals surface area contributed by atoms with Gasteiger partial charge in [0, 0.05) is 23.8 Å². The van der Waals surface area contributed by atoms with E-state index in [4.69, 9.17) is 4.74 Å². The second-order valence-corrected chi connectivity index (χ2v) is 4.88. The van der Waals surface area contributed by atoms with Gasteiger partial charge in [-0.25, -0.2) is 0 Å². The van der Waals surface area contributed by atoms with Crippen LogP contribution < -0.4 is 15.5 Å². The summed E-state index contributed by atoms with van der Waals surface area (Å²) in [5.41, 5.74) is 1.33. The molecule has 3 N–H and O–H groups in total. The first-order valence-electron chi connectivity index (χ1n) is 6.36. The summed E-state index contributed by atoms with van der Waals surface area (Å²) in [5, 5.41) is 21.7. The van der Waals surface area contributed by atoms with Crippen molar-refractivity contribution in [2.75, 3.05) is 7.11 Å². The van der Waals surface area contributed by atoms with Crippen LogP contribution in [-0.4, -0.2) is 36.2 Å². The summed E-state index contributed by atoms with van der Waals surface area (Å²) in [6, 6.07) is 5.41. The lowest BCUT2D eigenvalue weighted by atomic mass is 9.76. The highest BCUT2D eigenvalue weighted by molar-refractivity contribution is 6.59. The van der Waals surface area contributed by atoms with Gasteiger partial charge >= 0.3 is 7.12 Å². The standard InChI is InChI=1S/C13H18BNO4/c1-8-10(4-6-13(16)15-8)9-3-5-12(19-2)11(7-9)14(17)18/h3,5,7-8,10,17-18H,4,6H2,1-2H3,(H,15,16)/t8-,10-/m1/s1. The van der Waals surface area contributed by atoms with E-state index in [-0.39, 0.29) is 17.9 Å². The van der Waals surface area contributed by atoms with E-state index >= 15 is 0 Å². The van der Waals surface area contributed by atoms with Crippen LogP contribution in [0, 0.1) is 0 Å². The van der Waals surface area contributed by atoms with Crippen molar-refractivity contribution in [3.8, 4) is 5.75 Å². The average Bonchev–Trinajstić information content (AvgIpc) is 2.38. The van der Waals surface area contributed by atoms with Crippen LogP contribution in [0.3, 0.4) is 0 Å². The van der Waals surface area contributed by atoms with Crippen molar-refractivity contribution in [1.29, 1.82) is 0 Å². The van der Waals surface area contributed by atoms with Crippen LogP contribution in [0.4, 0.5) is 0 Å². The smallest absolute Gasteiger partial charge is 0.492 e. The number of hydrogen-bond acceptors (Lipinski definition) is 4. The van der Waals surface area contributed by atoms with Crippen molar-refractivity contribution in [3.05, 3.63) is 23.8 Å². The fourth-order valence-corrected chi connectivity index (χ4v) is 2.60. The molecule has 0 aromatic heterocycles. The molecule has 0 saturated carbocycles. The number of methoxy groups -OCH3 is 1. The molecule has 2 rings (SSSR count). The van der Waals surface area contributed by atoms with Crippen molar-refractivity contribution in [1.82, 2.24) is 5.32 Å². The van der Waals surface area contributed by atoms with E-state index in [2.05, 4.69) is 5.32 Å². The van der Waals surface area contributed by atoms with E-state index in [0.717, 1.165) is 12.0 Å². The molecule has 0 aliphatic carbocycles. The lowest BCUT2D eigenvalue weighted by molar-refractivity contribution is -0.123. The summed E-state index contributed by atoms with van der Waals surface area (Å²) < 4.78 is 5.10. The Kier molecular flexibility index (Phi) is 4.12. The minimum Gasteiger partial charge on any atom is -0.497 e. The van der Waals surface area contributed by atoms with Gasteiger partial charge in [0.05, 0.1) is 7.11 Å². The molecule has 19 heavy (non-hydrogen) atoms. The van der Waals surface area contributed by atoms with Gasteiger partial charge in [-0.05, 0) is 25.0 Å². The van der Waals surface area contributed by atoms with Crippen molar-refractivity contribution in [3.63, 3.8) is 0 Å². The Balaban J connectivity index is 2.30. The van der Waals surface area contributed by atoms with Gasteiger partial charge in [-0.3, -0.25) is 4.79 Å². The summed E-state index contributed by atoms with van der Waals surface area (Å²) in [7, 11) is -0.0759. The third kappa shape index (κ3) is 2.90. The maximum atomic E-state index is 11.3. The number of hydrogen-bond donors (Lipinski definition) is 3. The number of carbonyl (C=O) groups excluding carboxylic acids is 1. The molecule has 1 saturated heterocycles. The summed E-state index contributed by atoms with van der Waals surface area (Å²) in [5.74, 6) is 0.701. The van der Waals surface area contributed by atoms with Gasteiger partial charge in [-0.1, -0.05) is 12.1 Å². The van der Waals surface area contributed by atoms with Crippen molar-refractivity contribution in [2.45, 2.75) is 31.7 Å². The van der Waals surface area contributed by atoms with Gasteiger partial charge in [0.25, 0.3) is 0 Å². The van der Waals surface area contributed by atoms with Gasteiger partial charge in [-0.2, -0.15) is 0 Å². The Hall–Kier alpha value is -1.53. The van der Waals surface area contributed by atoms with E-state index < -0.39 is 7.12 Å². The van der Waals surface area contributed by atoms with Crippen LogP contribution in [-0.2, 0) is 4.79 Å². The first-order valence-corrected chi connectivity index (χ1v) is 6.36. The van der Waals surface area contributed by atoms with Gasteiger partial charge < -0.3 is 20.1 Å². The second-order valence-electron chi connectivity index (χ2n) is 4.88. The molecular formula is C13H18BNO4. The number of piperidine rings is 1. The molecule has 1 aliphatic rings. The number of rotatable bonds is 3. The number of amides is 1. The molecule has 1 heterocycles. The predicted octanol–water partition coefficient (Wildman–Crippen LogP) is -0.243. The molecule has 102 valence electrons. The lowest BCUT2D eigenvalue weighted by Crippen LogP contribution is -2.42. The van der Waals surface area contributed by atoms with Crippen LogP contribution in [0.1, 0.15) is 31.2 Å². The molecular weight excluding hydrogens is 245 g/mol. The van der Waals surface area contributed by atoms with Crippen molar-refractivity contribution >= 4 is 18.5 Å². The third-order valence-corrected chi connectivity index (χ3v) is 3.63. The number of carbonyl (C=O) groups is 1. The van der Waals surface area contributed by atoms with E-state index in [1.165, 1.54) is 7.11 Å². The zero-order valence-corrected chi connectivity index (χ0v) is 11.1. The van der Waals surface area contributed by atoms with E-state index in [1.54, 1.807) is 12.1 Å². The Morgan fingerprint density at radius 2 is 2.16 bits per heavy atom. The Morgan fingerprint density at radius 3 is 2.74 bits per heavy atom. The summed E-state index contributed by atoms with van der Waals surface area (Å²) in [6.45, 7) is 1.96. The molecule has 0 radical (unpaired) electrons. The van der Waals surface area contributed by atoms with E-state index in [9.17, 15) is 14.8 Å². The van der Waals surface area contributed by atoms with Crippen molar-refractivity contribution < 1.29 is 19.6 Å². The highest BCUT2D eigenvalue weighted by Gasteiger charge is 2.28. The fraction of sp³-hybridized carbons (Fsp3) is 0.462. The first-order chi connectivity index (χ1) is 9.02. The van der Waals surface area contributed by atoms with Crippen LogP contribution in [0.25, 0.3) is 0 Å². The maximum absolute atomic E-state index is 11.3. The van der Waals surface area contributed by atoms with Crippen LogP contribution in [0.5, 0.6) is 5.75 Å². The molecule has 5 nitrogen and oxygen atoms in total. The number of ether oxygens (including phenoxy) is 1. The third-order valence-electron chi connectivity index (χ3n) is 3.63. The van der Waals surface area contributed by atoms with Crippen LogP contribution in [0.2, 0.25) is 0 Å². The molecule has 0 spiro atoms. The summed E-state index contributed by atoms with van der Waals surface area (Å²) in [6.07, 6.45) is 1.26. The highest BCUT2D eigenvalue weighted by atomic mass is 16.5. The van der Waals surface area contributed by atoms with E-state index in [0.29, 0.717) is 17.6 Å². The zero-order chi connectivity index (χ0) is 14.0. The largest absolute Gasteiger partial charge is 0.497 e. The van der Waals surface area contributed by atoms with Gasteiger partial charge in [0.1, 0.15) is 5.75 Å². The SMILES string of the molecule is COc1ccc([C@@H]2CCC(=O)N[C@@H]2C)cc1B(O)O. The molecule has 6 heteroatoms.